The second-order valence-electron chi connectivity index (χ2n) is 7.14. The maximum atomic E-state index is 13.7. The third-order valence-corrected chi connectivity index (χ3v) is 5.36. The van der Waals surface area contributed by atoms with Gasteiger partial charge < -0.3 is 14.6 Å². The zero-order chi connectivity index (χ0) is 21.3. The SMILES string of the molecule is CCN(C(=O)c1nn(CCCO)c(=O)c2c1c1ccccc1n2C)c1ccccc1. The summed E-state index contributed by atoms with van der Waals surface area (Å²) in [6.07, 6.45) is 0.381. The number of amides is 1. The van der Waals surface area contributed by atoms with Gasteiger partial charge >= 0.3 is 0 Å². The summed E-state index contributed by atoms with van der Waals surface area (Å²) in [6, 6.07) is 17.1. The highest BCUT2D eigenvalue weighted by atomic mass is 16.3. The minimum atomic E-state index is -0.267. The molecule has 2 aromatic carbocycles. The van der Waals surface area contributed by atoms with Crippen molar-refractivity contribution in [3.8, 4) is 0 Å². The van der Waals surface area contributed by atoms with Gasteiger partial charge in [0.05, 0.1) is 0 Å². The Morgan fingerprint density at radius 3 is 2.50 bits per heavy atom. The lowest BCUT2D eigenvalue weighted by Gasteiger charge is -2.21. The number of anilines is 1. The van der Waals surface area contributed by atoms with Crippen LogP contribution in [0.2, 0.25) is 0 Å². The molecule has 0 unspecified atom stereocenters. The van der Waals surface area contributed by atoms with Crippen LogP contribution in [0.1, 0.15) is 23.8 Å². The number of aliphatic hydroxyl groups excluding tert-OH is 1. The maximum absolute atomic E-state index is 13.7. The Morgan fingerprint density at radius 1 is 1.10 bits per heavy atom. The van der Waals surface area contributed by atoms with E-state index in [0.717, 1.165) is 16.6 Å². The number of nitrogens with zero attached hydrogens (tertiary/aromatic N) is 4. The number of rotatable bonds is 6. The highest BCUT2D eigenvalue weighted by Gasteiger charge is 2.26. The number of carbonyl (C=O) groups is 1. The Balaban J connectivity index is 2.02. The molecule has 0 bridgehead atoms. The summed E-state index contributed by atoms with van der Waals surface area (Å²) in [5.41, 5.74) is 2.05. The number of aliphatic hydroxyl groups is 1. The van der Waals surface area contributed by atoms with Crippen LogP contribution in [-0.2, 0) is 13.6 Å². The number of hydrogen-bond donors (Lipinski definition) is 1. The van der Waals surface area contributed by atoms with E-state index in [4.69, 9.17) is 0 Å². The van der Waals surface area contributed by atoms with E-state index in [1.165, 1.54) is 4.68 Å². The largest absolute Gasteiger partial charge is 0.396 e. The Bertz CT molecular complexity index is 1270. The summed E-state index contributed by atoms with van der Waals surface area (Å²) >= 11 is 0. The van der Waals surface area contributed by atoms with Crippen molar-refractivity contribution in [1.29, 1.82) is 0 Å². The van der Waals surface area contributed by atoms with Gasteiger partial charge in [0.15, 0.2) is 5.69 Å². The van der Waals surface area contributed by atoms with E-state index >= 15 is 0 Å². The summed E-state index contributed by atoms with van der Waals surface area (Å²) in [5.74, 6) is -0.261. The number of fused-ring (bicyclic) bond motifs is 3. The molecule has 0 radical (unpaired) electrons. The van der Waals surface area contributed by atoms with Gasteiger partial charge in [-0.25, -0.2) is 4.68 Å². The molecular weight excluding hydrogens is 380 g/mol. The van der Waals surface area contributed by atoms with Gasteiger partial charge in [-0.05, 0) is 31.5 Å². The Kier molecular flexibility index (Phi) is 5.37. The van der Waals surface area contributed by atoms with E-state index in [0.29, 0.717) is 23.9 Å². The zero-order valence-electron chi connectivity index (χ0n) is 17.1. The van der Waals surface area contributed by atoms with Crippen molar-refractivity contribution < 1.29 is 9.90 Å². The summed E-state index contributed by atoms with van der Waals surface area (Å²) in [4.78, 5) is 28.5. The molecule has 0 atom stereocenters. The molecule has 0 saturated carbocycles. The molecule has 2 aromatic heterocycles. The quantitative estimate of drug-likeness (QED) is 0.536. The number of aryl methyl sites for hydroxylation is 2. The lowest BCUT2D eigenvalue weighted by molar-refractivity contribution is 0.0983. The summed E-state index contributed by atoms with van der Waals surface area (Å²) < 4.78 is 3.11. The molecule has 0 saturated heterocycles. The molecule has 7 nitrogen and oxygen atoms in total. The fourth-order valence-corrected chi connectivity index (χ4v) is 3.92. The third kappa shape index (κ3) is 3.17. The Hall–Kier alpha value is -3.45. The predicted octanol–water partition coefficient (Wildman–Crippen LogP) is 2.94. The van der Waals surface area contributed by atoms with E-state index in [1.807, 2.05) is 73.1 Å². The van der Waals surface area contributed by atoms with Crippen molar-refractivity contribution >= 4 is 33.4 Å². The lowest BCUT2D eigenvalue weighted by Crippen LogP contribution is -2.34. The van der Waals surface area contributed by atoms with E-state index in [2.05, 4.69) is 5.10 Å². The first-order valence-electron chi connectivity index (χ1n) is 10.0. The van der Waals surface area contributed by atoms with Gasteiger partial charge in [-0.15, -0.1) is 0 Å². The summed E-state index contributed by atoms with van der Waals surface area (Å²) in [7, 11) is 1.82. The molecule has 7 heteroatoms. The fourth-order valence-electron chi connectivity index (χ4n) is 3.92. The van der Waals surface area contributed by atoms with Gasteiger partial charge in [0.25, 0.3) is 11.5 Å². The lowest BCUT2D eigenvalue weighted by atomic mass is 10.1. The van der Waals surface area contributed by atoms with E-state index in [9.17, 15) is 14.7 Å². The van der Waals surface area contributed by atoms with Gasteiger partial charge in [0.1, 0.15) is 5.52 Å². The highest BCUT2D eigenvalue weighted by molar-refractivity contribution is 6.20. The van der Waals surface area contributed by atoms with Crippen molar-refractivity contribution in [1.82, 2.24) is 14.3 Å². The first kappa shape index (κ1) is 19.8. The molecule has 0 fully saturated rings. The van der Waals surface area contributed by atoms with Crippen LogP contribution in [-0.4, -0.2) is 38.5 Å². The average molecular weight is 404 g/mol. The number of benzene rings is 2. The molecule has 154 valence electrons. The van der Waals surface area contributed by atoms with E-state index < -0.39 is 0 Å². The molecule has 0 aliphatic carbocycles. The number of carbonyl (C=O) groups excluding carboxylic acids is 1. The summed E-state index contributed by atoms with van der Waals surface area (Å²) in [5, 5.41) is 15.1. The van der Waals surface area contributed by atoms with Crippen LogP contribution in [0, 0.1) is 0 Å². The molecule has 2 heterocycles. The van der Waals surface area contributed by atoms with Crippen LogP contribution >= 0.6 is 0 Å². The van der Waals surface area contributed by atoms with E-state index in [-0.39, 0.29) is 30.3 Å². The van der Waals surface area contributed by atoms with Crippen LogP contribution < -0.4 is 10.5 Å². The fraction of sp³-hybridized carbons (Fsp3) is 0.261. The highest BCUT2D eigenvalue weighted by Crippen LogP contribution is 2.29. The topological polar surface area (TPSA) is 80.4 Å². The third-order valence-electron chi connectivity index (χ3n) is 5.36. The first-order valence-corrected chi connectivity index (χ1v) is 10.0. The molecule has 0 aliphatic rings. The van der Waals surface area contributed by atoms with Crippen molar-refractivity contribution in [2.75, 3.05) is 18.1 Å². The Morgan fingerprint density at radius 2 is 1.80 bits per heavy atom. The molecule has 1 amide bonds. The smallest absolute Gasteiger partial charge is 0.291 e. The van der Waals surface area contributed by atoms with Crippen molar-refractivity contribution in [2.45, 2.75) is 19.9 Å². The van der Waals surface area contributed by atoms with Gasteiger partial charge in [-0.2, -0.15) is 5.10 Å². The van der Waals surface area contributed by atoms with Crippen LogP contribution in [0.4, 0.5) is 5.69 Å². The molecule has 0 aliphatic heterocycles. The minimum absolute atomic E-state index is 0.0599. The van der Waals surface area contributed by atoms with Gasteiger partial charge in [-0.1, -0.05) is 36.4 Å². The number of aromatic nitrogens is 3. The molecule has 0 spiro atoms. The first-order chi connectivity index (χ1) is 14.6. The molecule has 4 rings (SSSR count). The minimum Gasteiger partial charge on any atom is -0.396 e. The van der Waals surface area contributed by atoms with Crippen LogP contribution in [0.5, 0.6) is 0 Å². The van der Waals surface area contributed by atoms with Crippen LogP contribution in [0.3, 0.4) is 0 Å². The second kappa shape index (κ2) is 8.12. The van der Waals surface area contributed by atoms with Gasteiger partial charge in [-0.3, -0.25) is 9.59 Å². The zero-order valence-corrected chi connectivity index (χ0v) is 17.1. The summed E-state index contributed by atoms with van der Waals surface area (Å²) in [6.45, 7) is 2.56. The molecule has 4 aromatic rings. The van der Waals surface area contributed by atoms with Gasteiger partial charge in [0, 0.05) is 48.7 Å². The van der Waals surface area contributed by atoms with E-state index in [1.54, 1.807) is 4.90 Å². The average Bonchev–Trinajstić information content (AvgIpc) is 3.08. The standard InChI is InChI=1S/C23H24N4O3/c1-3-26(16-10-5-4-6-11-16)22(29)20-19-17-12-7-8-13-18(17)25(2)21(19)23(30)27(24-20)14-9-15-28/h4-8,10-13,28H,3,9,14-15H2,1-2H3. The number of hydrogen-bond acceptors (Lipinski definition) is 4. The van der Waals surface area contributed by atoms with Crippen LogP contribution in [0.25, 0.3) is 21.8 Å². The Labute approximate surface area is 173 Å². The van der Waals surface area contributed by atoms with Crippen molar-refractivity contribution in [2.24, 2.45) is 7.05 Å². The molecule has 1 N–H and O–H groups in total. The maximum Gasteiger partial charge on any atom is 0.291 e. The second-order valence-corrected chi connectivity index (χ2v) is 7.14. The number of para-hydroxylation sites is 2. The molecule has 30 heavy (non-hydrogen) atoms. The monoisotopic (exact) mass is 404 g/mol. The predicted molar refractivity (Wildman–Crippen MR) is 118 cm³/mol. The van der Waals surface area contributed by atoms with Gasteiger partial charge in [0.2, 0.25) is 0 Å². The normalized spacial score (nSPS) is 11.3. The van der Waals surface area contributed by atoms with Crippen LogP contribution in [0.15, 0.2) is 59.4 Å². The van der Waals surface area contributed by atoms with Crippen molar-refractivity contribution in [3.05, 3.63) is 70.6 Å². The molecular formula is C23H24N4O3. The van der Waals surface area contributed by atoms with Crippen molar-refractivity contribution in [3.63, 3.8) is 0 Å².